The van der Waals surface area contributed by atoms with Gasteiger partial charge in [-0.15, -0.1) is 0 Å². The van der Waals surface area contributed by atoms with E-state index in [9.17, 15) is 14.7 Å². The molecule has 0 aromatic rings. The molecule has 0 heterocycles. The monoisotopic (exact) mass is 923 g/mol. The molecule has 1 unspecified atom stereocenters. The summed E-state index contributed by atoms with van der Waals surface area (Å²) in [5, 5.41) is 9.66. The van der Waals surface area contributed by atoms with Gasteiger partial charge in [-0.25, -0.2) is 0 Å². The molecule has 0 aliphatic rings. The number of carbonyl (C=O) groups is 2. The molecule has 0 aliphatic heterocycles. The van der Waals surface area contributed by atoms with Crippen molar-refractivity contribution in [3.63, 3.8) is 0 Å². The first-order valence-electron chi connectivity index (χ1n) is 28.8. The zero-order valence-electron chi connectivity index (χ0n) is 44.0. The lowest BCUT2D eigenvalue weighted by atomic mass is 10.0. The maximum atomic E-state index is 12.3. The molecule has 0 saturated carbocycles. The third-order valence-electron chi connectivity index (χ3n) is 12.8. The topological polar surface area (TPSA) is 72.8 Å². The van der Waals surface area contributed by atoms with Gasteiger partial charge in [0.25, 0.3) is 0 Å². The van der Waals surface area contributed by atoms with Crippen LogP contribution in [0, 0.1) is 0 Å². The lowest BCUT2D eigenvalue weighted by Gasteiger charge is -2.15. The Morgan fingerprint density at radius 3 is 1.00 bits per heavy atom. The Labute approximate surface area is 411 Å². The van der Waals surface area contributed by atoms with Gasteiger partial charge < -0.3 is 14.6 Å². The number of hydrogen-bond acceptors (Lipinski definition) is 5. The van der Waals surface area contributed by atoms with Crippen LogP contribution in [0.3, 0.4) is 0 Å². The van der Waals surface area contributed by atoms with Crippen LogP contribution in [0.4, 0.5) is 0 Å². The van der Waals surface area contributed by atoms with Crippen LogP contribution >= 0.6 is 0 Å². The molecule has 0 aliphatic carbocycles. The molecule has 0 bridgehead atoms. The number of unbranched alkanes of at least 4 members (excludes halogenated alkanes) is 35. The second kappa shape index (κ2) is 56.9. The largest absolute Gasteiger partial charge is 0.462 e. The van der Waals surface area contributed by atoms with Crippen molar-refractivity contribution in [3.8, 4) is 0 Å². The number of rotatable bonds is 53. The van der Waals surface area contributed by atoms with Crippen molar-refractivity contribution in [3.05, 3.63) is 60.8 Å². The van der Waals surface area contributed by atoms with Gasteiger partial charge in [-0.05, 0) is 77.0 Å². The molecule has 0 aromatic heterocycles. The molecule has 66 heavy (non-hydrogen) atoms. The van der Waals surface area contributed by atoms with E-state index in [1.54, 1.807) is 0 Å². The molecule has 0 amide bonds. The summed E-state index contributed by atoms with van der Waals surface area (Å²) >= 11 is 0. The summed E-state index contributed by atoms with van der Waals surface area (Å²) in [6, 6.07) is 0. The summed E-state index contributed by atoms with van der Waals surface area (Å²) in [5.41, 5.74) is 0. The van der Waals surface area contributed by atoms with Crippen LogP contribution in [0.1, 0.15) is 296 Å². The fourth-order valence-corrected chi connectivity index (χ4v) is 8.49. The number of hydrogen-bond donors (Lipinski definition) is 1. The predicted molar refractivity (Wildman–Crippen MR) is 288 cm³/mol. The number of aliphatic hydroxyl groups excluding tert-OH is 1. The average Bonchev–Trinajstić information content (AvgIpc) is 3.32. The molecule has 0 fully saturated rings. The second-order valence-electron chi connectivity index (χ2n) is 19.3. The minimum absolute atomic E-state index is 0.0644. The highest BCUT2D eigenvalue weighted by atomic mass is 16.6. The van der Waals surface area contributed by atoms with Gasteiger partial charge in [-0.1, -0.05) is 267 Å². The van der Waals surface area contributed by atoms with Gasteiger partial charge in [0, 0.05) is 12.8 Å². The Bertz CT molecular complexity index is 1130. The lowest BCUT2D eigenvalue weighted by Crippen LogP contribution is -2.28. The third kappa shape index (κ3) is 54.2. The van der Waals surface area contributed by atoms with Crippen molar-refractivity contribution in [2.24, 2.45) is 0 Å². The fraction of sp³-hybridized carbons (Fsp3) is 0.803. The third-order valence-corrected chi connectivity index (χ3v) is 12.8. The van der Waals surface area contributed by atoms with E-state index >= 15 is 0 Å². The van der Waals surface area contributed by atoms with Crippen LogP contribution < -0.4 is 0 Å². The normalized spacial score (nSPS) is 12.6. The Morgan fingerprint density at radius 1 is 0.364 bits per heavy atom. The summed E-state index contributed by atoms with van der Waals surface area (Å²) in [5.74, 6) is -0.580. The fourth-order valence-electron chi connectivity index (χ4n) is 8.49. The molecule has 5 heteroatoms. The molecule has 0 radical (unpaired) electrons. The van der Waals surface area contributed by atoms with E-state index in [0.29, 0.717) is 12.8 Å². The maximum absolute atomic E-state index is 12.3. The van der Waals surface area contributed by atoms with Crippen molar-refractivity contribution in [1.29, 1.82) is 0 Å². The molecule has 1 atom stereocenters. The van der Waals surface area contributed by atoms with Crippen molar-refractivity contribution < 1.29 is 24.2 Å². The minimum atomic E-state index is -0.773. The average molecular weight is 924 g/mol. The van der Waals surface area contributed by atoms with Crippen LogP contribution in [0.25, 0.3) is 0 Å². The number of carbonyl (C=O) groups excluding carboxylic acids is 2. The SMILES string of the molecule is CC/C=C\C/C=C\C/C=C\C/C=C\CCCCCCCCCCCCCCCCCCCCC(=O)OC(CO)COC(=O)CCCCCCCCCCC/C=C\CCCCCCCCCC. The van der Waals surface area contributed by atoms with E-state index in [1.165, 1.54) is 205 Å². The van der Waals surface area contributed by atoms with Gasteiger partial charge in [-0.2, -0.15) is 0 Å². The van der Waals surface area contributed by atoms with Gasteiger partial charge in [0.2, 0.25) is 0 Å². The summed E-state index contributed by atoms with van der Waals surface area (Å²) < 4.78 is 10.7. The van der Waals surface area contributed by atoms with Crippen molar-refractivity contribution in [2.45, 2.75) is 302 Å². The van der Waals surface area contributed by atoms with E-state index in [2.05, 4.69) is 74.6 Å². The Kier molecular flexibility index (Phi) is 54.9. The molecule has 5 nitrogen and oxygen atoms in total. The van der Waals surface area contributed by atoms with Crippen molar-refractivity contribution >= 4 is 11.9 Å². The van der Waals surface area contributed by atoms with E-state index < -0.39 is 6.10 Å². The minimum Gasteiger partial charge on any atom is -0.462 e. The number of ether oxygens (including phenoxy) is 2. The second-order valence-corrected chi connectivity index (χ2v) is 19.3. The van der Waals surface area contributed by atoms with E-state index in [-0.39, 0.29) is 25.2 Å². The first-order valence-corrected chi connectivity index (χ1v) is 28.8. The zero-order valence-corrected chi connectivity index (χ0v) is 44.0. The van der Waals surface area contributed by atoms with E-state index in [1.807, 2.05) is 0 Å². The smallest absolute Gasteiger partial charge is 0.306 e. The van der Waals surface area contributed by atoms with E-state index in [0.717, 1.165) is 64.2 Å². The molecular weight excluding hydrogens is 813 g/mol. The number of aliphatic hydroxyl groups is 1. The van der Waals surface area contributed by atoms with Crippen LogP contribution in [0.2, 0.25) is 0 Å². The van der Waals surface area contributed by atoms with Gasteiger partial charge in [-0.3, -0.25) is 9.59 Å². The van der Waals surface area contributed by atoms with Crippen LogP contribution in [0.15, 0.2) is 60.8 Å². The molecule has 1 N–H and O–H groups in total. The Hall–Kier alpha value is -2.40. The quantitative estimate of drug-likeness (QED) is 0.0374. The molecule has 0 saturated heterocycles. The Balaban J connectivity index is 3.45. The van der Waals surface area contributed by atoms with E-state index in [4.69, 9.17) is 9.47 Å². The highest BCUT2D eigenvalue weighted by Gasteiger charge is 2.16. The van der Waals surface area contributed by atoms with Gasteiger partial charge >= 0.3 is 11.9 Å². The Morgan fingerprint density at radius 2 is 0.652 bits per heavy atom. The van der Waals surface area contributed by atoms with Gasteiger partial charge in [0.15, 0.2) is 6.10 Å². The highest BCUT2D eigenvalue weighted by Crippen LogP contribution is 2.17. The molecule has 0 aromatic carbocycles. The molecular formula is C61H110O5. The predicted octanol–water partition coefficient (Wildman–Crippen LogP) is 19.4. The van der Waals surface area contributed by atoms with Crippen molar-refractivity contribution in [2.75, 3.05) is 13.2 Å². The van der Waals surface area contributed by atoms with Gasteiger partial charge in [0.1, 0.15) is 6.61 Å². The first-order chi connectivity index (χ1) is 32.6. The lowest BCUT2D eigenvalue weighted by molar-refractivity contribution is -0.161. The van der Waals surface area contributed by atoms with Crippen LogP contribution in [-0.4, -0.2) is 36.4 Å². The summed E-state index contributed by atoms with van der Waals surface area (Å²) in [4.78, 5) is 24.5. The van der Waals surface area contributed by atoms with Crippen molar-refractivity contribution in [1.82, 2.24) is 0 Å². The highest BCUT2D eigenvalue weighted by molar-refractivity contribution is 5.70. The summed E-state index contributed by atoms with van der Waals surface area (Å²) in [6.45, 7) is 4.06. The zero-order chi connectivity index (χ0) is 47.7. The van der Waals surface area contributed by atoms with Crippen LogP contribution in [-0.2, 0) is 19.1 Å². The molecule has 0 spiro atoms. The summed E-state index contributed by atoms with van der Waals surface area (Å²) in [7, 11) is 0. The number of esters is 2. The number of allylic oxidation sites excluding steroid dienone is 10. The molecule has 384 valence electrons. The summed E-state index contributed by atoms with van der Waals surface area (Å²) in [6.07, 6.45) is 76.3. The standard InChI is InChI=1S/C61H110O5/c1-3-5-7-9-11-13-15-17-19-21-23-25-26-27-28-29-30-31-32-33-34-36-38-40-42-44-46-48-50-52-54-56-61(64)66-59(57-62)58-65-60(63)55-53-51-49-47-45-43-41-39-37-35-24-22-20-18-16-14-12-10-8-6-4-2/h5,7,11,13,17,19,22-25,59,62H,3-4,6,8-10,12,14-16,18,20-21,26-58H2,1-2H3/b7-5-,13-11-,19-17-,24-22-,25-23-. The molecule has 0 rings (SSSR count). The first kappa shape index (κ1) is 63.6. The maximum Gasteiger partial charge on any atom is 0.306 e. The van der Waals surface area contributed by atoms with Gasteiger partial charge in [0.05, 0.1) is 6.61 Å². The van der Waals surface area contributed by atoms with Crippen LogP contribution in [0.5, 0.6) is 0 Å².